The van der Waals surface area contributed by atoms with Crippen molar-refractivity contribution in [3.05, 3.63) is 29.3 Å². The predicted molar refractivity (Wildman–Crippen MR) is 78.4 cm³/mol. The van der Waals surface area contributed by atoms with E-state index in [0.29, 0.717) is 12.0 Å². The van der Waals surface area contributed by atoms with E-state index < -0.39 is 15.8 Å². The number of sulfone groups is 1. The number of aryl methyl sites for hydroxylation is 1. The fourth-order valence-corrected chi connectivity index (χ4v) is 4.05. The molecule has 1 aliphatic heterocycles. The van der Waals surface area contributed by atoms with Gasteiger partial charge in [0, 0.05) is 0 Å². The average Bonchev–Trinajstić information content (AvgIpc) is 2.67. The van der Waals surface area contributed by atoms with E-state index >= 15 is 0 Å². The van der Waals surface area contributed by atoms with Crippen LogP contribution >= 0.6 is 0 Å². The molecule has 1 aromatic rings. The summed E-state index contributed by atoms with van der Waals surface area (Å²) < 4.78 is 30.5. The molecule has 0 saturated carbocycles. The van der Waals surface area contributed by atoms with Gasteiger partial charge in [0.2, 0.25) is 0 Å². The Kier molecular flexibility index (Phi) is 4.13. The molecule has 0 aliphatic carbocycles. The SMILES string of the molecule is Cc1ccc(S(=O)(=O)CC2CCC(C)(C)O2)cc1C(=O)O. The second-order valence-corrected chi connectivity index (χ2v) is 8.14. The van der Waals surface area contributed by atoms with E-state index in [-0.39, 0.29) is 27.9 Å². The Hall–Kier alpha value is -1.40. The molecule has 6 heteroatoms. The fourth-order valence-electron chi connectivity index (χ4n) is 2.56. The summed E-state index contributed by atoms with van der Waals surface area (Å²) >= 11 is 0. The van der Waals surface area contributed by atoms with Gasteiger partial charge in [0.1, 0.15) is 0 Å². The normalized spacial score (nSPS) is 21.4. The van der Waals surface area contributed by atoms with E-state index in [4.69, 9.17) is 9.84 Å². The van der Waals surface area contributed by atoms with Crippen molar-refractivity contribution >= 4 is 15.8 Å². The van der Waals surface area contributed by atoms with Crippen LogP contribution in [0.5, 0.6) is 0 Å². The first kappa shape index (κ1) is 16.0. The second kappa shape index (κ2) is 5.42. The van der Waals surface area contributed by atoms with Gasteiger partial charge in [0.05, 0.1) is 27.9 Å². The Balaban J connectivity index is 2.24. The number of carboxylic acids is 1. The average molecular weight is 312 g/mol. The van der Waals surface area contributed by atoms with Gasteiger partial charge in [0.15, 0.2) is 9.84 Å². The Morgan fingerprint density at radius 3 is 2.62 bits per heavy atom. The summed E-state index contributed by atoms with van der Waals surface area (Å²) in [7, 11) is -3.56. The van der Waals surface area contributed by atoms with E-state index in [1.165, 1.54) is 18.2 Å². The summed E-state index contributed by atoms with van der Waals surface area (Å²) in [4.78, 5) is 11.2. The quantitative estimate of drug-likeness (QED) is 0.923. The lowest BCUT2D eigenvalue weighted by molar-refractivity contribution is -0.00528. The number of aromatic carboxylic acids is 1. The van der Waals surface area contributed by atoms with Crippen molar-refractivity contribution in [2.24, 2.45) is 0 Å². The summed E-state index contributed by atoms with van der Waals surface area (Å²) in [5, 5.41) is 9.09. The molecule has 1 N–H and O–H groups in total. The summed E-state index contributed by atoms with van der Waals surface area (Å²) in [6.45, 7) is 5.52. The zero-order valence-electron chi connectivity index (χ0n) is 12.4. The Labute approximate surface area is 124 Å². The molecule has 21 heavy (non-hydrogen) atoms. The van der Waals surface area contributed by atoms with Gasteiger partial charge >= 0.3 is 5.97 Å². The molecule has 0 aromatic heterocycles. The Morgan fingerprint density at radius 2 is 2.10 bits per heavy atom. The highest BCUT2D eigenvalue weighted by Gasteiger charge is 2.34. The lowest BCUT2D eigenvalue weighted by Crippen LogP contribution is -2.25. The fraction of sp³-hybridized carbons (Fsp3) is 0.533. The van der Waals surface area contributed by atoms with Crippen molar-refractivity contribution in [3.8, 4) is 0 Å². The smallest absolute Gasteiger partial charge is 0.335 e. The maximum Gasteiger partial charge on any atom is 0.335 e. The van der Waals surface area contributed by atoms with Crippen LogP contribution in [0.25, 0.3) is 0 Å². The van der Waals surface area contributed by atoms with Gasteiger partial charge in [-0.05, 0) is 51.3 Å². The first-order valence-electron chi connectivity index (χ1n) is 6.85. The Morgan fingerprint density at radius 1 is 1.43 bits per heavy atom. The van der Waals surface area contributed by atoms with Crippen LogP contribution in [0.15, 0.2) is 23.1 Å². The van der Waals surface area contributed by atoms with Gasteiger partial charge in [-0.2, -0.15) is 0 Å². The maximum atomic E-state index is 12.4. The molecule has 0 spiro atoms. The lowest BCUT2D eigenvalue weighted by Gasteiger charge is -2.19. The minimum absolute atomic E-state index is 0.0174. The highest BCUT2D eigenvalue weighted by Crippen LogP contribution is 2.31. The zero-order chi connectivity index (χ0) is 15.8. The highest BCUT2D eigenvalue weighted by molar-refractivity contribution is 7.91. The zero-order valence-corrected chi connectivity index (χ0v) is 13.2. The van der Waals surface area contributed by atoms with Gasteiger partial charge in [0.25, 0.3) is 0 Å². The number of ether oxygens (including phenoxy) is 1. The number of rotatable bonds is 4. The van der Waals surface area contributed by atoms with E-state index in [2.05, 4.69) is 0 Å². The molecule has 2 rings (SSSR count). The van der Waals surface area contributed by atoms with Crippen LogP contribution in [-0.4, -0.2) is 37.0 Å². The predicted octanol–water partition coefficient (Wildman–Crippen LogP) is 2.42. The minimum atomic E-state index is -3.56. The van der Waals surface area contributed by atoms with Gasteiger partial charge in [-0.25, -0.2) is 13.2 Å². The molecule has 0 amide bonds. The third kappa shape index (κ3) is 3.63. The number of hydrogen-bond acceptors (Lipinski definition) is 4. The van der Waals surface area contributed by atoms with E-state index in [9.17, 15) is 13.2 Å². The van der Waals surface area contributed by atoms with Crippen molar-refractivity contribution < 1.29 is 23.1 Å². The Bertz CT molecular complexity index is 661. The highest BCUT2D eigenvalue weighted by atomic mass is 32.2. The topological polar surface area (TPSA) is 80.7 Å². The minimum Gasteiger partial charge on any atom is -0.478 e. The van der Waals surface area contributed by atoms with Crippen LogP contribution < -0.4 is 0 Å². The van der Waals surface area contributed by atoms with Crippen LogP contribution in [0.2, 0.25) is 0 Å². The van der Waals surface area contributed by atoms with Gasteiger partial charge < -0.3 is 9.84 Å². The van der Waals surface area contributed by atoms with E-state index in [1.54, 1.807) is 6.92 Å². The summed E-state index contributed by atoms with van der Waals surface area (Å²) in [6, 6.07) is 4.21. The van der Waals surface area contributed by atoms with Gasteiger partial charge in [-0.15, -0.1) is 0 Å². The van der Waals surface area contributed by atoms with Crippen molar-refractivity contribution in [1.82, 2.24) is 0 Å². The first-order valence-corrected chi connectivity index (χ1v) is 8.50. The maximum absolute atomic E-state index is 12.4. The monoisotopic (exact) mass is 312 g/mol. The van der Waals surface area contributed by atoms with Crippen LogP contribution in [0.4, 0.5) is 0 Å². The molecule has 0 radical (unpaired) electrons. The summed E-state index contributed by atoms with van der Waals surface area (Å²) in [6.07, 6.45) is 1.19. The number of carbonyl (C=O) groups is 1. The third-order valence-electron chi connectivity index (χ3n) is 3.76. The summed E-state index contributed by atoms with van der Waals surface area (Å²) in [5.74, 6) is -1.23. The third-order valence-corrected chi connectivity index (χ3v) is 5.54. The summed E-state index contributed by atoms with van der Waals surface area (Å²) in [5.41, 5.74) is 0.267. The molecule has 1 aromatic carbocycles. The van der Waals surface area contributed by atoms with Crippen LogP contribution in [0.3, 0.4) is 0 Å². The number of carboxylic acid groups (broad SMARTS) is 1. The standard InChI is InChI=1S/C15H20O5S/c1-10-4-5-12(8-13(10)14(16)17)21(18,19)9-11-6-7-15(2,3)20-11/h4-5,8,11H,6-7,9H2,1-3H3,(H,16,17). The number of hydrogen-bond donors (Lipinski definition) is 1. The first-order chi connectivity index (χ1) is 9.61. The molecule has 5 nitrogen and oxygen atoms in total. The van der Waals surface area contributed by atoms with Crippen LogP contribution in [0, 0.1) is 6.92 Å². The molecular formula is C15H20O5S. The molecular weight excluding hydrogens is 292 g/mol. The van der Waals surface area contributed by atoms with E-state index in [1.807, 2.05) is 13.8 Å². The van der Waals surface area contributed by atoms with Crippen molar-refractivity contribution in [2.45, 2.75) is 50.2 Å². The van der Waals surface area contributed by atoms with Gasteiger partial charge in [-0.1, -0.05) is 6.07 Å². The van der Waals surface area contributed by atoms with Gasteiger partial charge in [-0.3, -0.25) is 0 Å². The van der Waals surface area contributed by atoms with Crippen molar-refractivity contribution in [2.75, 3.05) is 5.75 Å². The van der Waals surface area contributed by atoms with Crippen molar-refractivity contribution in [1.29, 1.82) is 0 Å². The molecule has 1 aliphatic rings. The largest absolute Gasteiger partial charge is 0.478 e. The molecule has 116 valence electrons. The molecule has 0 bridgehead atoms. The van der Waals surface area contributed by atoms with Crippen LogP contribution in [-0.2, 0) is 14.6 Å². The molecule has 1 atom stereocenters. The molecule has 1 unspecified atom stereocenters. The van der Waals surface area contributed by atoms with Crippen LogP contribution in [0.1, 0.15) is 42.6 Å². The van der Waals surface area contributed by atoms with Crippen molar-refractivity contribution in [3.63, 3.8) is 0 Å². The second-order valence-electron chi connectivity index (χ2n) is 6.10. The lowest BCUT2D eigenvalue weighted by atomic mass is 10.1. The molecule has 1 saturated heterocycles. The van der Waals surface area contributed by atoms with E-state index in [0.717, 1.165) is 6.42 Å². The molecule has 1 fully saturated rings. The molecule has 1 heterocycles. The number of benzene rings is 1.